The topological polar surface area (TPSA) is 31.4 Å². The molecule has 1 aliphatic rings. The second kappa shape index (κ2) is 7.71. The summed E-state index contributed by atoms with van der Waals surface area (Å²) in [5.41, 5.74) is 3.48. The van der Waals surface area contributed by atoms with Gasteiger partial charge in [-0.1, -0.05) is 32.1 Å². The Balaban J connectivity index is 0.00000208. The van der Waals surface area contributed by atoms with Crippen LogP contribution in [0.4, 0.5) is 0 Å². The van der Waals surface area contributed by atoms with Gasteiger partial charge in [-0.15, -0.1) is 12.4 Å². The van der Waals surface area contributed by atoms with E-state index in [9.17, 15) is 0 Å². The largest absolute Gasteiger partial charge is 0.493 e. The maximum atomic E-state index is 6.34. The Kier molecular flexibility index (Phi) is 5.89. The number of nitrogens with zero attached hydrogens (tertiary/aromatic N) is 1. The minimum Gasteiger partial charge on any atom is -0.493 e. The molecule has 0 fully saturated rings. The van der Waals surface area contributed by atoms with E-state index in [0.29, 0.717) is 0 Å². The molecule has 0 atom stereocenters. The van der Waals surface area contributed by atoms with E-state index in [2.05, 4.69) is 37.0 Å². The van der Waals surface area contributed by atoms with Gasteiger partial charge in [-0.25, -0.2) is 0 Å². The maximum Gasteiger partial charge on any atom is 0.165 e. The van der Waals surface area contributed by atoms with Crippen LogP contribution in [0.1, 0.15) is 43.4 Å². The van der Waals surface area contributed by atoms with Crippen LogP contribution in [-0.4, -0.2) is 17.7 Å². The fourth-order valence-corrected chi connectivity index (χ4v) is 3.11. The zero-order valence-corrected chi connectivity index (χ0v) is 15.2. The van der Waals surface area contributed by atoms with Crippen LogP contribution < -0.4 is 9.47 Å². The zero-order valence-electron chi connectivity index (χ0n) is 14.4. The quantitative estimate of drug-likeness (QED) is 0.748. The second-order valence-corrected chi connectivity index (χ2v) is 5.95. The number of aromatic nitrogens is 1. The third-order valence-electron chi connectivity index (χ3n) is 4.75. The summed E-state index contributed by atoms with van der Waals surface area (Å²) in [6, 6.07) is 8.10. The first-order valence-electron chi connectivity index (χ1n) is 8.18. The van der Waals surface area contributed by atoms with Gasteiger partial charge in [-0.05, 0) is 42.2 Å². The maximum absolute atomic E-state index is 6.34. The Morgan fingerprint density at radius 3 is 2.46 bits per heavy atom. The van der Waals surface area contributed by atoms with Crippen molar-refractivity contribution < 1.29 is 9.47 Å². The van der Waals surface area contributed by atoms with E-state index in [4.69, 9.17) is 9.47 Å². The molecule has 2 aromatic rings. The summed E-state index contributed by atoms with van der Waals surface area (Å²) in [4.78, 5) is 4.05. The van der Waals surface area contributed by atoms with Crippen molar-refractivity contribution >= 4 is 24.6 Å². The molecule has 3 rings (SSSR count). The SMILES string of the molecule is CCC1(CC)Cc2c(/C=C/c3ccncc3)ccc(OC)c2O1.Cl. The van der Waals surface area contributed by atoms with Gasteiger partial charge in [0.15, 0.2) is 11.5 Å². The van der Waals surface area contributed by atoms with Crippen molar-refractivity contribution in [3.05, 3.63) is 53.3 Å². The highest BCUT2D eigenvalue weighted by Gasteiger charge is 2.38. The number of hydrogen-bond acceptors (Lipinski definition) is 3. The lowest BCUT2D eigenvalue weighted by Gasteiger charge is -2.25. The molecule has 1 aromatic heterocycles. The molecule has 1 aromatic carbocycles. The summed E-state index contributed by atoms with van der Waals surface area (Å²) in [6.07, 6.45) is 10.8. The van der Waals surface area contributed by atoms with Gasteiger partial charge >= 0.3 is 0 Å². The Morgan fingerprint density at radius 2 is 1.83 bits per heavy atom. The van der Waals surface area contributed by atoms with Crippen molar-refractivity contribution in [1.29, 1.82) is 0 Å². The molecule has 0 bridgehead atoms. The smallest absolute Gasteiger partial charge is 0.165 e. The summed E-state index contributed by atoms with van der Waals surface area (Å²) in [5.74, 6) is 1.73. The van der Waals surface area contributed by atoms with E-state index >= 15 is 0 Å². The first-order valence-corrected chi connectivity index (χ1v) is 8.18. The van der Waals surface area contributed by atoms with Crippen LogP contribution in [-0.2, 0) is 6.42 Å². The first-order chi connectivity index (χ1) is 11.2. The van der Waals surface area contributed by atoms with Crippen molar-refractivity contribution in [1.82, 2.24) is 4.98 Å². The number of pyridine rings is 1. The molecule has 3 nitrogen and oxygen atoms in total. The number of halogens is 1. The summed E-state index contributed by atoms with van der Waals surface area (Å²) in [5, 5.41) is 0. The van der Waals surface area contributed by atoms with Crippen LogP contribution in [0.15, 0.2) is 36.7 Å². The van der Waals surface area contributed by atoms with E-state index in [-0.39, 0.29) is 18.0 Å². The van der Waals surface area contributed by atoms with E-state index in [0.717, 1.165) is 36.3 Å². The summed E-state index contributed by atoms with van der Waals surface area (Å²) < 4.78 is 11.8. The van der Waals surface area contributed by atoms with Gasteiger partial charge in [-0.2, -0.15) is 0 Å². The Labute approximate surface area is 150 Å². The Bertz CT molecular complexity index is 709. The normalized spacial score (nSPS) is 14.8. The number of rotatable bonds is 5. The van der Waals surface area contributed by atoms with Gasteiger partial charge in [0.2, 0.25) is 0 Å². The average molecular weight is 346 g/mol. The van der Waals surface area contributed by atoms with E-state index in [1.54, 1.807) is 19.5 Å². The first kappa shape index (κ1) is 18.3. The van der Waals surface area contributed by atoms with Crippen LogP contribution in [0.2, 0.25) is 0 Å². The molecule has 0 spiro atoms. The molecule has 1 aliphatic heterocycles. The third kappa shape index (κ3) is 3.41. The number of benzene rings is 1. The van der Waals surface area contributed by atoms with Gasteiger partial charge in [-0.3, -0.25) is 4.98 Å². The molecule has 0 radical (unpaired) electrons. The molecule has 128 valence electrons. The predicted octanol–water partition coefficient (Wildman–Crippen LogP) is 5.18. The number of methoxy groups -OCH3 is 1. The molecule has 0 N–H and O–H groups in total. The minimum absolute atomic E-state index is 0. The molecule has 0 saturated carbocycles. The third-order valence-corrected chi connectivity index (χ3v) is 4.75. The average Bonchev–Trinajstić information content (AvgIpc) is 3.01. The monoisotopic (exact) mass is 345 g/mol. The fraction of sp³-hybridized carbons (Fsp3) is 0.350. The van der Waals surface area contributed by atoms with E-state index in [1.807, 2.05) is 18.2 Å². The van der Waals surface area contributed by atoms with Crippen LogP contribution >= 0.6 is 12.4 Å². The van der Waals surface area contributed by atoms with Crippen molar-refractivity contribution in [3.63, 3.8) is 0 Å². The minimum atomic E-state index is -0.101. The van der Waals surface area contributed by atoms with Gasteiger partial charge in [0.05, 0.1) is 7.11 Å². The summed E-state index contributed by atoms with van der Waals surface area (Å²) in [6.45, 7) is 4.38. The summed E-state index contributed by atoms with van der Waals surface area (Å²) in [7, 11) is 1.70. The molecule has 24 heavy (non-hydrogen) atoms. The molecular formula is C20H24ClNO2. The Hall–Kier alpha value is -2.00. The fourth-order valence-electron chi connectivity index (χ4n) is 3.11. The molecule has 0 aliphatic carbocycles. The highest BCUT2D eigenvalue weighted by atomic mass is 35.5. The second-order valence-electron chi connectivity index (χ2n) is 5.95. The van der Waals surface area contributed by atoms with E-state index in [1.165, 1.54) is 11.1 Å². The van der Waals surface area contributed by atoms with Crippen molar-refractivity contribution in [2.45, 2.75) is 38.7 Å². The van der Waals surface area contributed by atoms with E-state index < -0.39 is 0 Å². The highest BCUT2D eigenvalue weighted by molar-refractivity contribution is 5.85. The summed E-state index contributed by atoms with van der Waals surface area (Å²) >= 11 is 0. The van der Waals surface area contributed by atoms with Crippen LogP contribution in [0.25, 0.3) is 12.2 Å². The number of ether oxygens (including phenoxy) is 2. The van der Waals surface area contributed by atoms with Crippen molar-refractivity contribution in [3.8, 4) is 11.5 Å². The molecule has 0 amide bonds. The van der Waals surface area contributed by atoms with Crippen LogP contribution in [0.5, 0.6) is 11.5 Å². The van der Waals surface area contributed by atoms with Crippen molar-refractivity contribution in [2.24, 2.45) is 0 Å². The zero-order chi connectivity index (χ0) is 16.3. The van der Waals surface area contributed by atoms with Crippen LogP contribution in [0.3, 0.4) is 0 Å². The standard InChI is InChI=1S/C20H23NO2.ClH/c1-4-20(5-2)14-17-16(7-6-15-10-12-21-13-11-15)8-9-18(22-3)19(17)23-20;/h6-13H,4-5,14H2,1-3H3;1H/b7-6+;. The molecular weight excluding hydrogens is 322 g/mol. The van der Waals surface area contributed by atoms with Crippen molar-refractivity contribution in [2.75, 3.05) is 7.11 Å². The molecule has 4 heteroatoms. The van der Waals surface area contributed by atoms with Gasteiger partial charge in [0.25, 0.3) is 0 Å². The lowest BCUT2D eigenvalue weighted by molar-refractivity contribution is 0.0828. The number of fused-ring (bicyclic) bond motifs is 1. The van der Waals surface area contributed by atoms with Crippen LogP contribution in [0, 0.1) is 0 Å². The Morgan fingerprint density at radius 1 is 1.12 bits per heavy atom. The van der Waals surface area contributed by atoms with Gasteiger partial charge in [0, 0.05) is 24.4 Å². The lowest BCUT2D eigenvalue weighted by atomic mass is 9.89. The van der Waals surface area contributed by atoms with Gasteiger partial charge < -0.3 is 9.47 Å². The van der Waals surface area contributed by atoms with Gasteiger partial charge in [0.1, 0.15) is 5.60 Å². The molecule has 2 heterocycles. The molecule has 0 unspecified atom stereocenters. The molecule has 0 saturated heterocycles. The highest BCUT2D eigenvalue weighted by Crippen LogP contribution is 2.46. The predicted molar refractivity (Wildman–Crippen MR) is 101 cm³/mol. The lowest BCUT2D eigenvalue weighted by Crippen LogP contribution is -2.32. The number of hydrogen-bond donors (Lipinski definition) is 0.